The lowest BCUT2D eigenvalue weighted by Crippen LogP contribution is -2.26. The molecule has 0 bridgehead atoms. The molecule has 2 heterocycles. The number of benzene rings is 2. The molecule has 0 fully saturated rings. The van der Waals surface area contributed by atoms with Crippen molar-refractivity contribution in [2.24, 2.45) is 0 Å². The highest BCUT2D eigenvalue weighted by atomic mass is 35.5. The summed E-state index contributed by atoms with van der Waals surface area (Å²) < 4.78 is 6.75. The summed E-state index contributed by atoms with van der Waals surface area (Å²) in [5, 5.41) is 17.5. The second-order valence-corrected chi connectivity index (χ2v) is 9.05. The third-order valence-corrected chi connectivity index (χ3v) is 6.59. The molecule has 2 aromatic carbocycles. The third kappa shape index (κ3) is 5.54. The van der Waals surface area contributed by atoms with Crippen LogP contribution in [-0.4, -0.2) is 35.1 Å². The summed E-state index contributed by atoms with van der Waals surface area (Å²) >= 11 is 7.27. The summed E-state index contributed by atoms with van der Waals surface area (Å²) in [6, 6.07) is 12.1. The molecule has 8 nitrogen and oxygen atoms in total. The van der Waals surface area contributed by atoms with E-state index in [-0.39, 0.29) is 31.6 Å². The Labute approximate surface area is 210 Å². The van der Waals surface area contributed by atoms with Gasteiger partial charge in [-0.15, -0.1) is 11.3 Å². The molecule has 0 aliphatic rings. The number of thiophene rings is 1. The number of pyridine rings is 1. The van der Waals surface area contributed by atoms with Crippen LogP contribution in [0.1, 0.15) is 31.8 Å². The molecule has 4 rings (SSSR count). The number of hydrogen-bond donors (Lipinski definition) is 4. The number of nitrogens with zero attached hydrogens (tertiary/aromatic N) is 1. The number of nitrogens with two attached hydrogens (primary N) is 1. The highest BCUT2D eigenvalue weighted by Crippen LogP contribution is 2.33. The van der Waals surface area contributed by atoms with Gasteiger partial charge in [0.25, 0.3) is 11.8 Å². The van der Waals surface area contributed by atoms with Gasteiger partial charge in [-0.2, -0.15) is 0 Å². The zero-order valence-electron chi connectivity index (χ0n) is 18.8. The Bertz CT molecular complexity index is 1390. The van der Waals surface area contributed by atoms with Crippen LogP contribution in [-0.2, 0) is 6.61 Å². The lowest BCUT2D eigenvalue weighted by molar-refractivity contribution is 0.0945. The third-order valence-electron chi connectivity index (χ3n) is 5.28. The average Bonchev–Trinajstić information content (AvgIpc) is 3.28. The number of amides is 2. The van der Waals surface area contributed by atoms with E-state index in [2.05, 4.69) is 15.6 Å². The zero-order valence-corrected chi connectivity index (χ0v) is 20.4. The Morgan fingerprint density at radius 1 is 1.17 bits per heavy atom. The molecule has 2 aromatic heterocycles. The molecular weight excluding hydrogens is 488 g/mol. The van der Waals surface area contributed by atoms with Gasteiger partial charge in [-0.25, -0.2) is 4.98 Å². The minimum Gasteiger partial charge on any atom is -0.489 e. The van der Waals surface area contributed by atoms with Crippen LogP contribution in [0.4, 0.5) is 11.5 Å². The number of carbonyl (C=O) groups excluding carboxylic acids is 2. The summed E-state index contributed by atoms with van der Waals surface area (Å²) in [5.41, 5.74) is 9.23. The van der Waals surface area contributed by atoms with Gasteiger partial charge >= 0.3 is 0 Å². The second kappa shape index (κ2) is 10.7. The summed E-state index contributed by atoms with van der Waals surface area (Å²) in [6.07, 6.45) is 1.43. The quantitative estimate of drug-likeness (QED) is 0.278. The van der Waals surface area contributed by atoms with Gasteiger partial charge in [0.2, 0.25) is 0 Å². The molecule has 5 N–H and O–H groups in total. The van der Waals surface area contributed by atoms with E-state index in [1.54, 1.807) is 36.4 Å². The molecule has 0 atom stereocenters. The van der Waals surface area contributed by atoms with E-state index in [4.69, 9.17) is 27.2 Å². The molecule has 0 saturated heterocycles. The number of aromatic nitrogens is 1. The largest absolute Gasteiger partial charge is 0.489 e. The number of aliphatic hydroxyl groups excluding tert-OH is 1. The van der Waals surface area contributed by atoms with Gasteiger partial charge in [-0.3, -0.25) is 9.59 Å². The molecule has 35 heavy (non-hydrogen) atoms. The van der Waals surface area contributed by atoms with E-state index in [1.165, 1.54) is 17.5 Å². The normalized spacial score (nSPS) is 10.8. The van der Waals surface area contributed by atoms with E-state index < -0.39 is 0 Å². The first-order valence-corrected chi connectivity index (χ1v) is 12.0. The summed E-state index contributed by atoms with van der Waals surface area (Å²) in [6.45, 7) is 2.06. The number of aryl methyl sites for hydroxylation is 1. The van der Waals surface area contributed by atoms with Gasteiger partial charge < -0.3 is 26.2 Å². The van der Waals surface area contributed by atoms with Gasteiger partial charge in [0.1, 0.15) is 18.2 Å². The van der Waals surface area contributed by atoms with Gasteiger partial charge in [0, 0.05) is 40.0 Å². The zero-order chi connectivity index (χ0) is 24.9. The van der Waals surface area contributed by atoms with Crippen LogP contribution in [0.5, 0.6) is 5.75 Å². The van der Waals surface area contributed by atoms with E-state index in [1.807, 2.05) is 18.4 Å². The fourth-order valence-corrected chi connectivity index (χ4v) is 4.65. The van der Waals surface area contributed by atoms with Crippen molar-refractivity contribution in [2.75, 3.05) is 24.2 Å². The first kappa shape index (κ1) is 24.5. The highest BCUT2D eigenvalue weighted by Gasteiger charge is 2.18. The van der Waals surface area contributed by atoms with Crippen LogP contribution >= 0.6 is 22.9 Å². The topological polar surface area (TPSA) is 127 Å². The van der Waals surface area contributed by atoms with Crippen molar-refractivity contribution in [2.45, 2.75) is 13.5 Å². The maximum atomic E-state index is 12.7. The van der Waals surface area contributed by atoms with Crippen molar-refractivity contribution < 1.29 is 19.4 Å². The Balaban J connectivity index is 1.53. The Kier molecular flexibility index (Phi) is 7.50. The minimum absolute atomic E-state index is 0.146. The minimum atomic E-state index is -0.332. The van der Waals surface area contributed by atoms with Crippen LogP contribution in [0, 0.1) is 6.92 Å². The molecule has 0 aliphatic carbocycles. The van der Waals surface area contributed by atoms with E-state index in [0.29, 0.717) is 43.5 Å². The van der Waals surface area contributed by atoms with E-state index in [0.717, 1.165) is 11.1 Å². The smallest absolute Gasteiger partial charge is 0.255 e. The number of nitrogen functional groups attached to an aromatic ring is 1. The number of ether oxygens (including phenoxy) is 1. The molecule has 4 aromatic rings. The lowest BCUT2D eigenvalue weighted by Gasteiger charge is -2.12. The number of nitrogens with one attached hydrogen (secondary N) is 2. The first-order chi connectivity index (χ1) is 16.9. The average molecular weight is 511 g/mol. The maximum Gasteiger partial charge on any atom is 0.255 e. The predicted molar refractivity (Wildman–Crippen MR) is 138 cm³/mol. The molecule has 2 amide bonds. The Hall–Kier alpha value is -3.66. The van der Waals surface area contributed by atoms with Crippen LogP contribution in [0.15, 0.2) is 54.0 Å². The van der Waals surface area contributed by atoms with Gasteiger partial charge in [-0.1, -0.05) is 17.7 Å². The molecule has 0 saturated carbocycles. The number of halogens is 1. The Morgan fingerprint density at radius 2 is 1.94 bits per heavy atom. The van der Waals surface area contributed by atoms with Crippen LogP contribution in [0.3, 0.4) is 0 Å². The second-order valence-electron chi connectivity index (χ2n) is 7.73. The number of carbonyl (C=O) groups is 2. The van der Waals surface area contributed by atoms with Crippen molar-refractivity contribution >= 4 is 56.3 Å². The standard InChI is InChI=1S/C25H23ClN4O4S/c1-14-2-3-15(24(32)30-18-6-4-17(26)5-7-18)10-20(14)34-12-16-13-35-22-19(25(33)28-8-9-31)11-29-23(27)21(16)22/h2-7,10-11,13,31H,8-9,12H2,1H3,(H2,27,29)(H,28,33)(H,30,32). The van der Waals surface area contributed by atoms with E-state index in [9.17, 15) is 9.59 Å². The maximum absolute atomic E-state index is 12.7. The van der Waals surface area contributed by atoms with Gasteiger partial charge in [0.15, 0.2) is 0 Å². The van der Waals surface area contributed by atoms with Crippen molar-refractivity contribution in [3.05, 3.63) is 81.3 Å². The Morgan fingerprint density at radius 3 is 2.69 bits per heavy atom. The fraction of sp³-hybridized carbons (Fsp3) is 0.160. The molecule has 10 heteroatoms. The number of anilines is 2. The van der Waals surface area contributed by atoms with Crippen LogP contribution < -0.4 is 21.1 Å². The number of hydrogen-bond acceptors (Lipinski definition) is 7. The lowest BCUT2D eigenvalue weighted by atomic mass is 10.1. The summed E-state index contributed by atoms with van der Waals surface area (Å²) in [4.78, 5) is 29.3. The summed E-state index contributed by atoms with van der Waals surface area (Å²) in [7, 11) is 0. The summed E-state index contributed by atoms with van der Waals surface area (Å²) in [5.74, 6) is 0.245. The van der Waals surface area contributed by atoms with Gasteiger partial charge in [-0.05, 0) is 54.3 Å². The van der Waals surface area contributed by atoms with Crippen molar-refractivity contribution in [1.82, 2.24) is 10.3 Å². The molecular formula is C25H23ClN4O4S. The molecule has 0 radical (unpaired) electrons. The van der Waals surface area contributed by atoms with Crippen molar-refractivity contribution in [1.29, 1.82) is 0 Å². The predicted octanol–water partition coefficient (Wildman–Crippen LogP) is 4.39. The fourth-order valence-electron chi connectivity index (χ4n) is 3.45. The van der Waals surface area contributed by atoms with Crippen molar-refractivity contribution in [3.8, 4) is 5.75 Å². The van der Waals surface area contributed by atoms with Crippen LogP contribution in [0.25, 0.3) is 10.1 Å². The monoisotopic (exact) mass is 510 g/mol. The number of aliphatic hydroxyl groups is 1. The first-order valence-electron chi connectivity index (χ1n) is 10.7. The molecule has 180 valence electrons. The highest BCUT2D eigenvalue weighted by molar-refractivity contribution is 7.17. The molecule has 0 spiro atoms. The molecule has 0 unspecified atom stereocenters. The van der Waals surface area contributed by atoms with Gasteiger partial charge in [0.05, 0.1) is 16.9 Å². The number of fused-ring (bicyclic) bond motifs is 1. The van der Waals surface area contributed by atoms with Crippen LogP contribution in [0.2, 0.25) is 5.02 Å². The SMILES string of the molecule is Cc1ccc(C(=O)Nc2ccc(Cl)cc2)cc1OCc1csc2c(C(=O)NCCO)cnc(N)c12. The number of rotatable bonds is 8. The van der Waals surface area contributed by atoms with Crippen molar-refractivity contribution in [3.63, 3.8) is 0 Å². The molecule has 0 aliphatic heterocycles. The van der Waals surface area contributed by atoms with E-state index >= 15 is 0 Å².